The summed E-state index contributed by atoms with van der Waals surface area (Å²) >= 11 is 12.4. The maximum atomic E-state index is 13.6. The zero-order chi connectivity index (χ0) is 25.9. The number of carbonyl (C=O) groups is 1. The highest BCUT2D eigenvalue weighted by Gasteiger charge is 2.43. The highest BCUT2D eigenvalue weighted by atomic mass is 35.5. The Hall–Kier alpha value is -1.91. The third kappa shape index (κ3) is 6.14. The molecule has 0 saturated carbocycles. The molecule has 2 heterocycles. The van der Waals surface area contributed by atoms with E-state index in [0.717, 1.165) is 13.1 Å². The molecule has 11 heteroatoms. The van der Waals surface area contributed by atoms with Crippen LogP contribution in [0.25, 0.3) is 0 Å². The fourth-order valence-corrected chi connectivity index (χ4v) is 7.09. The molecular weight excluding hydrogens is 528 g/mol. The van der Waals surface area contributed by atoms with Gasteiger partial charge in [-0.25, -0.2) is 12.8 Å². The number of nitrogens with zero attached hydrogens (tertiary/aromatic N) is 3. The van der Waals surface area contributed by atoms with Crippen molar-refractivity contribution in [1.82, 2.24) is 14.1 Å². The van der Waals surface area contributed by atoms with Crippen LogP contribution in [0.5, 0.6) is 5.75 Å². The highest BCUT2D eigenvalue weighted by Crippen LogP contribution is 2.39. The van der Waals surface area contributed by atoms with Crippen LogP contribution >= 0.6 is 23.2 Å². The zero-order valence-electron chi connectivity index (χ0n) is 20.1. The fraction of sp³-hybridized carbons (Fsp3) is 0.480. The van der Waals surface area contributed by atoms with Crippen molar-refractivity contribution < 1.29 is 22.3 Å². The molecule has 2 saturated heterocycles. The van der Waals surface area contributed by atoms with E-state index >= 15 is 0 Å². The average molecular weight is 559 g/mol. The van der Waals surface area contributed by atoms with E-state index < -0.39 is 15.4 Å². The molecule has 2 aromatic rings. The summed E-state index contributed by atoms with van der Waals surface area (Å²) in [5.74, 6) is 0.0576. The summed E-state index contributed by atoms with van der Waals surface area (Å²) < 4.78 is 47.9. The van der Waals surface area contributed by atoms with Crippen LogP contribution < -0.4 is 4.74 Å². The van der Waals surface area contributed by atoms with Crippen LogP contribution in [0.3, 0.4) is 0 Å². The fourth-order valence-electron chi connectivity index (χ4n) is 4.76. The lowest BCUT2D eigenvalue weighted by molar-refractivity contribution is -0.136. The first-order valence-electron chi connectivity index (χ1n) is 11.9. The van der Waals surface area contributed by atoms with E-state index in [1.807, 2.05) is 11.9 Å². The second kappa shape index (κ2) is 11.2. The van der Waals surface area contributed by atoms with Gasteiger partial charge in [0.05, 0.1) is 16.7 Å². The molecule has 1 atom stereocenters. The molecule has 0 bridgehead atoms. The average Bonchev–Trinajstić information content (AvgIpc) is 2.86. The van der Waals surface area contributed by atoms with Gasteiger partial charge >= 0.3 is 0 Å². The molecule has 0 unspecified atom stereocenters. The van der Waals surface area contributed by atoms with Crippen molar-refractivity contribution in [3.63, 3.8) is 0 Å². The number of sulfonamides is 1. The minimum absolute atomic E-state index is 0.0218. The van der Waals surface area contributed by atoms with Gasteiger partial charge in [-0.05, 0) is 56.3 Å². The maximum absolute atomic E-state index is 13.6. The topological polar surface area (TPSA) is 70.2 Å². The Balaban J connectivity index is 1.59. The first kappa shape index (κ1) is 27.1. The summed E-state index contributed by atoms with van der Waals surface area (Å²) in [6, 6.07) is 10.2. The number of halogens is 3. The third-order valence-corrected chi connectivity index (χ3v) is 9.72. The molecule has 7 nitrogen and oxygen atoms in total. The van der Waals surface area contributed by atoms with Crippen LogP contribution in [0.2, 0.25) is 10.0 Å². The summed E-state index contributed by atoms with van der Waals surface area (Å²) in [6.45, 7) is 3.35. The first-order chi connectivity index (χ1) is 17.1. The lowest BCUT2D eigenvalue weighted by Gasteiger charge is -2.43. The number of amides is 1. The standard InChI is InChI=1S/C25H30Cl2FN3O4S/c1-29-12-14-30(15-13-29)23(32)16-25(18-35-20-8-6-19(28)7-9-20)10-3-11-31(17-25)36(33,34)22-5-2-4-21(26)24(22)27/h2,4-9H,3,10-18H2,1H3/t25-/m0/s1. The predicted octanol–water partition coefficient (Wildman–Crippen LogP) is 4.15. The van der Waals surface area contributed by atoms with E-state index in [0.29, 0.717) is 38.2 Å². The molecule has 0 radical (unpaired) electrons. The molecular formula is C25H30Cl2FN3O4S. The monoisotopic (exact) mass is 557 g/mol. The summed E-state index contributed by atoms with van der Waals surface area (Å²) in [5, 5.41) is 0.136. The lowest BCUT2D eigenvalue weighted by Crippen LogP contribution is -2.53. The normalized spacial score (nSPS) is 21.9. The Morgan fingerprint density at radius 3 is 2.44 bits per heavy atom. The van der Waals surface area contributed by atoms with Gasteiger partial charge in [0.25, 0.3) is 0 Å². The molecule has 2 fully saturated rings. The largest absolute Gasteiger partial charge is 0.493 e. The van der Waals surface area contributed by atoms with Crippen LogP contribution in [0, 0.1) is 11.2 Å². The van der Waals surface area contributed by atoms with Crippen molar-refractivity contribution in [3.8, 4) is 5.75 Å². The molecule has 2 aromatic carbocycles. The lowest BCUT2D eigenvalue weighted by atomic mass is 9.78. The van der Waals surface area contributed by atoms with Gasteiger partial charge in [0.1, 0.15) is 16.5 Å². The SMILES string of the molecule is CN1CCN(C(=O)C[C@@]2(COc3ccc(F)cc3)CCCN(S(=O)(=O)c3cccc(Cl)c3Cl)C2)CC1. The van der Waals surface area contributed by atoms with Crippen LogP contribution in [-0.4, -0.2) is 81.4 Å². The van der Waals surface area contributed by atoms with Crippen molar-refractivity contribution in [3.05, 3.63) is 58.3 Å². The number of benzene rings is 2. The van der Waals surface area contributed by atoms with E-state index in [4.69, 9.17) is 27.9 Å². The summed E-state index contributed by atoms with van der Waals surface area (Å²) in [4.78, 5) is 17.3. The minimum Gasteiger partial charge on any atom is -0.493 e. The van der Waals surface area contributed by atoms with Gasteiger partial charge in [-0.3, -0.25) is 4.79 Å². The van der Waals surface area contributed by atoms with Gasteiger partial charge in [0.15, 0.2) is 0 Å². The quantitative estimate of drug-likeness (QED) is 0.511. The number of piperazine rings is 1. The summed E-state index contributed by atoms with van der Waals surface area (Å²) in [5.41, 5.74) is -0.759. The predicted molar refractivity (Wildman–Crippen MR) is 137 cm³/mol. The van der Waals surface area contributed by atoms with Crippen molar-refractivity contribution in [2.24, 2.45) is 5.41 Å². The number of carbonyl (C=O) groups excluding carboxylic acids is 1. The van der Waals surface area contributed by atoms with Crippen molar-refractivity contribution in [2.45, 2.75) is 24.2 Å². The second-order valence-electron chi connectivity index (χ2n) is 9.60. The summed E-state index contributed by atoms with van der Waals surface area (Å²) in [7, 11) is -1.94. The van der Waals surface area contributed by atoms with Crippen molar-refractivity contribution >= 4 is 39.1 Å². The molecule has 0 aliphatic carbocycles. The number of hydrogen-bond donors (Lipinski definition) is 0. The van der Waals surface area contributed by atoms with E-state index in [1.54, 1.807) is 6.07 Å². The Bertz CT molecular complexity index is 1190. The van der Waals surface area contributed by atoms with Gasteiger partial charge in [-0.15, -0.1) is 0 Å². The number of ether oxygens (including phenoxy) is 1. The maximum Gasteiger partial charge on any atom is 0.244 e. The van der Waals surface area contributed by atoms with Gasteiger partial charge in [0.2, 0.25) is 15.9 Å². The Kier molecular flexibility index (Phi) is 8.46. The smallest absolute Gasteiger partial charge is 0.244 e. The van der Waals surface area contributed by atoms with Gasteiger partial charge < -0.3 is 14.5 Å². The third-order valence-electron chi connectivity index (χ3n) is 6.90. The van der Waals surface area contributed by atoms with E-state index in [2.05, 4.69) is 4.90 Å². The van der Waals surface area contributed by atoms with E-state index in [-0.39, 0.29) is 46.2 Å². The molecule has 2 aliphatic heterocycles. The number of piperidine rings is 1. The molecule has 0 N–H and O–H groups in total. The van der Waals surface area contributed by atoms with E-state index in [9.17, 15) is 17.6 Å². The van der Waals surface area contributed by atoms with Gasteiger partial charge in [0, 0.05) is 51.1 Å². The highest BCUT2D eigenvalue weighted by molar-refractivity contribution is 7.89. The Morgan fingerprint density at radius 1 is 1.06 bits per heavy atom. The Morgan fingerprint density at radius 2 is 1.75 bits per heavy atom. The molecule has 196 valence electrons. The zero-order valence-corrected chi connectivity index (χ0v) is 22.5. The van der Waals surface area contributed by atoms with Crippen molar-refractivity contribution in [2.75, 3.05) is 52.9 Å². The Labute approximate surface area is 221 Å². The van der Waals surface area contributed by atoms with Crippen LogP contribution in [0.4, 0.5) is 4.39 Å². The molecule has 0 aromatic heterocycles. The van der Waals surface area contributed by atoms with E-state index in [1.165, 1.54) is 40.7 Å². The first-order valence-corrected chi connectivity index (χ1v) is 14.1. The summed E-state index contributed by atoms with van der Waals surface area (Å²) in [6.07, 6.45) is 1.32. The van der Waals surface area contributed by atoms with Gasteiger partial charge in [-0.2, -0.15) is 4.31 Å². The molecule has 4 rings (SSSR count). The van der Waals surface area contributed by atoms with Crippen LogP contribution in [-0.2, 0) is 14.8 Å². The molecule has 0 spiro atoms. The van der Waals surface area contributed by atoms with Crippen LogP contribution in [0.1, 0.15) is 19.3 Å². The minimum atomic E-state index is -3.96. The molecule has 1 amide bonds. The number of hydrogen-bond acceptors (Lipinski definition) is 5. The number of likely N-dealkylation sites (N-methyl/N-ethyl adjacent to an activating group) is 1. The van der Waals surface area contributed by atoms with Crippen molar-refractivity contribution in [1.29, 1.82) is 0 Å². The van der Waals surface area contributed by atoms with Crippen LogP contribution in [0.15, 0.2) is 47.4 Å². The second-order valence-corrected chi connectivity index (χ2v) is 12.3. The number of rotatable bonds is 7. The molecule has 36 heavy (non-hydrogen) atoms. The van der Waals surface area contributed by atoms with Gasteiger partial charge in [-0.1, -0.05) is 29.3 Å². The molecule has 2 aliphatic rings.